The van der Waals surface area contributed by atoms with E-state index in [2.05, 4.69) is 17.3 Å². The Morgan fingerprint density at radius 1 is 1.40 bits per heavy atom. The Kier molecular flexibility index (Phi) is 4.92. The van der Waals surface area contributed by atoms with Gasteiger partial charge in [-0.2, -0.15) is 5.10 Å². The molecule has 0 radical (unpaired) electrons. The van der Waals surface area contributed by atoms with Gasteiger partial charge in [-0.3, -0.25) is 9.59 Å². The number of rotatable bonds is 4. The molecule has 2 aromatic rings. The van der Waals surface area contributed by atoms with E-state index in [1.807, 2.05) is 6.92 Å². The van der Waals surface area contributed by atoms with Crippen LogP contribution >= 0.6 is 0 Å². The average molecular weight is 344 g/mol. The molecule has 1 fully saturated rings. The number of aryl methyl sites for hydroxylation is 1. The maximum atomic E-state index is 12.4. The zero-order valence-electron chi connectivity index (χ0n) is 14.6. The van der Waals surface area contributed by atoms with Crippen molar-refractivity contribution in [3.8, 4) is 11.5 Å². The van der Waals surface area contributed by atoms with Gasteiger partial charge in [0.25, 0.3) is 5.56 Å². The van der Waals surface area contributed by atoms with Crippen LogP contribution in [0, 0.1) is 12.8 Å². The largest absolute Gasteiger partial charge is 0.460 e. The number of hydrogen-bond acceptors (Lipinski definition) is 5. The molecule has 1 saturated carbocycles. The normalized spacial score (nSPS) is 20.4. The summed E-state index contributed by atoms with van der Waals surface area (Å²) < 4.78 is 6.63. The van der Waals surface area contributed by atoms with Gasteiger partial charge in [0.2, 0.25) is 5.91 Å². The molecule has 134 valence electrons. The standard InChI is InChI=1S/C18H24N4O3/c1-11-5-3-4-6-14(11)20-17(23)10-22-18(24)13(19)9-15(21-22)16-8-7-12(2)25-16/h7-9,11,14H,3-6,10,19H2,1-2H3,(H,20,23)/t11-,14+/m1/s1. The van der Waals surface area contributed by atoms with Crippen molar-refractivity contribution in [2.75, 3.05) is 5.73 Å². The molecule has 7 nitrogen and oxygen atoms in total. The molecular weight excluding hydrogens is 320 g/mol. The molecule has 7 heteroatoms. The maximum absolute atomic E-state index is 12.4. The van der Waals surface area contributed by atoms with Crippen molar-refractivity contribution in [3.05, 3.63) is 34.3 Å². The molecule has 2 aromatic heterocycles. The van der Waals surface area contributed by atoms with Crippen molar-refractivity contribution in [1.82, 2.24) is 15.1 Å². The second-order valence-electron chi connectivity index (χ2n) is 6.79. The molecule has 3 rings (SSSR count). The lowest BCUT2D eigenvalue weighted by atomic mass is 9.86. The molecule has 0 bridgehead atoms. The molecular formula is C18H24N4O3. The summed E-state index contributed by atoms with van der Waals surface area (Å²) in [6.07, 6.45) is 4.41. The van der Waals surface area contributed by atoms with Crippen LogP contribution in [0.1, 0.15) is 38.4 Å². The van der Waals surface area contributed by atoms with Gasteiger partial charge in [0.1, 0.15) is 23.7 Å². The van der Waals surface area contributed by atoms with Gasteiger partial charge < -0.3 is 15.5 Å². The number of nitrogens with zero attached hydrogens (tertiary/aromatic N) is 2. The second kappa shape index (κ2) is 7.13. The minimum atomic E-state index is -0.473. The second-order valence-corrected chi connectivity index (χ2v) is 6.79. The number of nitrogens with two attached hydrogens (primary N) is 1. The first-order valence-corrected chi connectivity index (χ1v) is 8.68. The van der Waals surface area contributed by atoms with Gasteiger partial charge in [0.15, 0.2) is 5.76 Å². The lowest BCUT2D eigenvalue weighted by Crippen LogP contribution is -2.44. The van der Waals surface area contributed by atoms with E-state index in [1.54, 1.807) is 12.1 Å². The van der Waals surface area contributed by atoms with E-state index in [0.717, 1.165) is 29.7 Å². The number of furan rings is 1. The topological polar surface area (TPSA) is 103 Å². The average Bonchev–Trinajstić information content (AvgIpc) is 3.00. The lowest BCUT2D eigenvalue weighted by molar-refractivity contribution is -0.123. The van der Waals surface area contributed by atoms with E-state index < -0.39 is 5.56 Å². The molecule has 0 saturated heterocycles. The summed E-state index contributed by atoms with van der Waals surface area (Å²) >= 11 is 0. The highest BCUT2D eigenvalue weighted by atomic mass is 16.3. The maximum Gasteiger partial charge on any atom is 0.290 e. The van der Waals surface area contributed by atoms with Gasteiger partial charge in [-0.15, -0.1) is 0 Å². The first-order valence-electron chi connectivity index (χ1n) is 8.68. The van der Waals surface area contributed by atoms with E-state index in [4.69, 9.17) is 10.2 Å². The van der Waals surface area contributed by atoms with Crippen molar-refractivity contribution in [2.45, 2.75) is 52.1 Å². The summed E-state index contributed by atoms with van der Waals surface area (Å²) in [4.78, 5) is 24.6. The molecule has 2 atom stereocenters. The van der Waals surface area contributed by atoms with Gasteiger partial charge in [-0.25, -0.2) is 4.68 Å². The molecule has 0 aliphatic heterocycles. The first kappa shape index (κ1) is 17.3. The molecule has 2 heterocycles. The van der Waals surface area contributed by atoms with Crippen LogP contribution in [0.4, 0.5) is 5.69 Å². The Bertz CT molecular complexity index is 824. The quantitative estimate of drug-likeness (QED) is 0.884. The van der Waals surface area contributed by atoms with Gasteiger partial charge in [0, 0.05) is 6.04 Å². The highest BCUT2D eigenvalue weighted by Crippen LogP contribution is 2.23. The van der Waals surface area contributed by atoms with Gasteiger partial charge in [-0.05, 0) is 43.9 Å². The number of anilines is 1. The van der Waals surface area contributed by atoms with Gasteiger partial charge in [-0.1, -0.05) is 19.8 Å². The molecule has 0 spiro atoms. The Morgan fingerprint density at radius 2 is 2.16 bits per heavy atom. The summed E-state index contributed by atoms with van der Waals surface area (Å²) in [5.41, 5.74) is 5.80. The fraction of sp³-hybridized carbons (Fsp3) is 0.500. The van der Waals surface area contributed by atoms with Crippen LogP contribution in [0.5, 0.6) is 0 Å². The number of carbonyl (C=O) groups is 1. The summed E-state index contributed by atoms with van der Waals surface area (Å²) in [6.45, 7) is 3.81. The van der Waals surface area contributed by atoms with E-state index in [1.165, 1.54) is 12.5 Å². The monoisotopic (exact) mass is 344 g/mol. The number of carbonyl (C=O) groups excluding carboxylic acids is 1. The fourth-order valence-electron chi connectivity index (χ4n) is 3.28. The third-order valence-electron chi connectivity index (χ3n) is 4.75. The van der Waals surface area contributed by atoms with Crippen molar-refractivity contribution >= 4 is 11.6 Å². The molecule has 0 unspecified atom stereocenters. The summed E-state index contributed by atoms with van der Waals surface area (Å²) in [6, 6.07) is 5.19. The van der Waals surface area contributed by atoms with E-state index in [0.29, 0.717) is 17.4 Å². The first-order chi connectivity index (χ1) is 11.9. The minimum Gasteiger partial charge on any atom is -0.460 e. The van der Waals surface area contributed by atoms with Crippen molar-refractivity contribution in [1.29, 1.82) is 0 Å². The van der Waals surface area contributed by atoms with E-state index in [-0.39, 0.29) is 24.2 Å². The van der Waals surface area contributed by atoms with Crippen LogP contribution in [-0.4, -0.2) is 21.7 Å². The summed E-state index contributed by atoms with van der Waals surface area (Å²) in [5, 5.41) is 7.26. The third-order valence-corrected chi connectivity index (χ3v) is 4.75. The fourth-order valence-corrected chi connectivity index (χ4v) is 3.28. The van der Waals surface area contributed by atoms with Crippen molar-refractivity contribution < 1.29 is 9.21 Å². The zero-order valence-corrected chi connectivity index (χ0v) is 14.6. The molecule has 1 aliphatic rings. The number of aromatic nitrogens is 2. The highest BCUT2D eigenvalue weighted by Gasteiger charge is 2.23. The summed E-state index contributed by atoms with van der Waals surface area (Å²) in [5.74, 6) is 1.47. The predicted molar refractivity (Wildman–Crippen MR) is 94.9 cm³/mol. The van der Waals surface area contributed by atoms with Crippen LogP contribution in [0.25, 0.3) is 11.5 Å². The highest BCUT2D eigenvalue weighted by molar-refractivity contribution is 5.76. The van der Waals surface area contributed by atoms with Crippen molar-refractivity contribution in [3.63, 3.8) is 0 Å². The lowest BCUT2D eigenvalue weighted by Gasteiger charge is -2.29. The van der Waals surface area contributed by atoms with Gasteiger partial charge >= 0.3 is 0 Å². The predicted octanol–water partition coefficient (Wildman–Crippen LogP) is 2.09. The smallest absolute Gasteiger partial charge is 0.290 e. The molecule has 0 aromatic carbocycles. The number of nitrogen functional groups attached to an aromatic ring is 1. The number of nitrogens with one attached hydrogen (secondary N) is 1. The molecule has 1 aliphatic carbocycles. The number of hydrogen-bond donors (Lipinski definition) is 2. The van der Waals surface area contributed by atoms with Crippen LogP contribution in [0.2, 0.25) is 0 Å². The third kappa shape index (κ3) is 3.92. The van der Waals surface area contributed by atoms with Crippen LogP contribution < -0.4 is 16.6 Å². The molecule has 3 N–H and O–H groups in total. The number of amides is 1. The summed E-state index contributed by atoms with van der Waals surface area (Å²) in [7, 11) is 0. The zero-order chi connectivity index (χ0) is 18.0. The van der Waals surface area contributed by atoms with E-state index in [9.17, 15) is 9.59 Å². The van der Waals surface area contributed by atoms with Crippen LogP contribution in [0.15, 0.2) is 27.4 Å². The van der Waals surface area contributed by atoms with Crippen LogP contribution in [0.3, 0.4) is 0 Å². The molecule has 25 heavy (non-hydrogen) atoms. The Balaban J connectivity index is 1.78. The van der Waals surface area contributed by atoms with Crippen LogP contribution in [-0.2, 0) is 11.3 Å². The van der Waals surface area contributed by atoms with Gasteiger partial charge in [0.05, 0.1) is 0 Å². The van der Waals surface area contributed by atoms with E-state index >= 15 is 0 Å². The SMILES string of the molecule is Cc1ccc(-c2cc(N)c(=O)n(CC(=O)N[C@H]3CCCC[C@H]3C)n2)o1. The van der Waals surface area contributed by atoms with Crippen molar-refractivity contribution in [2.24, 2.45) is 5.92 Å². The Labute approximate surface area is 146 Å². The minimum absolute atomic E-state index is 0.0397. The Hall–Kier alpha value is -2.57. The Morgan fingerprint density at radius 3 is 2.84 bits per heavy atom. The molecule has 1 amide bonds.